The molecule has 1 aliphatic rings. The first-order valence-electron chi connectivity index (χ1n) is 7.15. The normalized spacial score (nSPS) is 17.5. The van der Waals surface area contributed by atoms with Crippen molar-refractivity contribution in [3.8, 4) is 0 Å². The Kier molecular flexibility index (Phi) is 6.28. The third-order valence-corrected chi connectivity index (χ3v) is 3.68. The fourth-order valence-corrected chi connectivity index (χ4v) is 2.71. The summed E-state index contributed by atoms with van der Waals surface area (Å²) in [5.74, 6) is -0.215. The van der Waals surface area contributed by atoms with Crippen LogP contribution in [0, 0.1) is 5.92 Å². The average Bonchev–Trinajstić information content (AvgIpc) is 2.85. The van der Waals surface area contributed by atoms with E-state index in [0.717, 1.165) is 25.7 Å². The first-order chi connectivity index (χ1) is 8.97. The van der Waals surface area contributed by atoms with Crippen molar-refractivity contribution >= 4 is 11.8 Å². The Hall–Kier alpha value is -1.10. The maximum Gasteiger partial charge on any atom is 0.245 e. The summed E-state index contributed by atoms with van der Waals surface area (Å²) < 4.78 is 0. The number of carbonyl (C=O) groups is 2. The van der Waals surface area contributed by atoms with E-state index in [0.29, 0.717) is 6.54 Å². The Balaban J connectivity index is 2.79. The molecule has 2 N–H and O–H groups in total. The zero-order valence-corrected chi connectivity index (χ0v) is 12.2. The predicted molar refractivity (Wildman–Crippen MR) is 73.5 cm³/mol. The summed E-state index contributed by atoms with van der Waals surface area (Å²) >= 11 is 0. The van der Waals surface area contributed by atoms with Crippen LogP contribution in [0.2, 0.25) is 0 Å². The number of rotatable bonds is 6. The molecule has 1 saturated carbocycles. The van der Waals surface area contributed by atoms with Crippen LogP contribution in [0.1, 0.15) is 46.5 Å². The van der Waals surface area contributed by atoms with Crippen molar-refractivity contribution in [2.45, 2.75) is 58.5 Å². The third-order valence-electron chi connectivity index (χ3n) is 3.68. The first-order valence-corrected chi connectivity index (χ1v) is 7.15. The lowest BCUT2D eigenvalue weighted by Crippen LogP contribution is -2.53. The second kappa shape index (κ2) is 7.48. The number of hydrogen-bond donors (Lipinski definition) is 2. The van der Waals surface area contributed by atoms with Crippen molar-refractivity contribution in [1.29, 1.82) is 0 Å². The molecular weight excluding hydrogens is 244 g/mol. The molecule has 0 saturated heterocycles. The van der Waals surface area contributed by atoms with Crippen molar-refractivity contribution in [3.05, 3.63) is 0 Å². The van der Waals surface area contributed by atoms with Gasteiger partial charge in [0.25, 0.3) is 0 Å². The van der Waals surface area contributed by atoms with Gasteiger partial charge in [-0.1, -0.05) is 26.7 Å². The summed E-state index contributed by atoms with van der Waals surface area (Å²) in [6.07, 6.45) is 4.26. The molecule has 0 spiro atoms. The molecule has 0 heterocycles. The summed E-state index contributed by atoms with van der Waals surface area (Å²) in [7, 11) is 0. The van der Waals surface area contributed by atoms with Gasteiger partial charge < -0.3 is 15.3 Å². The Bertz CT molecular complexity index is 312. The second-order valence-corrected chi connectivity index (χ2v) is 5.62. The lowest BCUT2D eigenvalue weighted by Gasteiger charge is -2.33. The molecule has 5 nitrogen and oxygen atoms in total. The lowest BCUT2D eigenvalue weighted by atomic mass is 10.0. The number of carbonyl (C=O) groups excluding carboxylic acids is 2. The van der Waals surface area contributed by atoms with Gasteiger partial charge in [0.2, 0.25) is 11.8 Å². The standard InChI is InChI=1S/C14H26N2O3/c1-10(2)13(15-11(3)18)14(19)16(8-9-17)12-6-4-5-7-12/h10,12-13,17H,4-9H2,1-3H3,(H,15,18). The highest BCUT2D eigenvalue weighted by molar-refractivity contribution is 5.87. The van der Waals surface area contributed by atoms with E-state index in [-0.39, 0.29) is 30.4 Å². The highest BCUT2D eigenvalue weighted by Crippen LogP contribution is 2.24. The Morgan fingerprint density at radius 3 is 2.32 bits per heavy atom. The smallest absolute Gasteiger partial charge is 0.245 e. The molecule has 1 unspecified atom stereocenters. The molecule has 1 aliphatic carbocycles. The molecule has 0 aromatic heterocycles. The number of aliphatic hydroxyl groups excluding tert-OH is 1. The van der Waals surface area contributed by atoms with Crippen LogP contribution in [0.15, 0.2) is 0 Å². The molecule has 1 rings (SSSR count). The molecule has 2 amide bonds. The zero-order valence-electron chi connectivity index (χ0n) is 12.2. The van der Waals surface area contributed by atoms with E-state index in [1.54, 1.807) is 4.90 Å². The van der Waals surface area contributed by atoms with Gasteiger partial charge in [0.1, 0.15) is 6.04 Å². The minimum atomic E-state index is -0.496. The van der Waals surface area contributed by atoms with Crippen molar-refractivity contribution in [1.82, 2.24) is 10.2 Å². The van der Waals surface area contributed by atoms with Gasteiger partial charge in [-0.05, 0) is 18.8 Å². The Labute approximate surface area is 115 Å². The predicted octanol–water partition coefficient (Wildman–Crippen LogP) is 0.911. The van der Waals surface area contributed by atoms with Crippen LogP contribution < -0.4 is 5.32 Å². The lowest BCUT2D eigenvalue weighted by molar-refractivity contribution is -0.139. The van der Waals surface area contributed by atoms with Crippen molar-refractivity contribution < 1.29 is 14.7 Å². The van der Waals surface area contributed by atoms with E-state index in [2.05, 4.69) is 5.32 Å². The van der Waals surface area contributed by atoms with E-state index >= 15 is 0 Å². The average molecular weight is 270 g/mol. The minimum Gasteiger partial charge on any atom is -0.395 e. The first kappa shape index (κ1) is 16.0. The molecule has 1 atom stereocenters. The topological polar surface area (TPSA) is 69.6 Å². The zero-order chi connectivity index (χ0) is 14.4. The maximum atomic E-state index is 12.6. The number of nitrogens with zero attached hydrogens (tertiary/aromatic N) is 1. The highest BCUT2D eigenvalue weighted by Gasteiger charge is 2.32. The minimum absolute atomic E-state index is 0.0346. The SMILES string of the molecule is CC(=O)NC(C(=O)N(CCO)C1CCCC1)C(C)C. The van der Waals surface area contributed by atoms with E-state index in [1.807, 2.05) is 13.8 Å². The van der Waals surface area contributed by atoms with Gasteiger partial charge >= 0.3 is 0 Å². The van der Waals surface area contributed by atoms with Crippen LogP contribution in [-0.4, -0.2) is 47.1 Å². The molecular formula is C14H26N2O3. The van der Waals surface area contributed by atoms with Gasteiger partial charge in [-0.15, -0.1) is 0 Å². The summed E-state index contributed by atoms with van der Waals surface area (Å²) in [6.45, 7) is 5.59. The second-order valence-electron chi connectivity index (χ2n) is 5.62. The third kappa shape index (κ3) is 4.49. The molecule has 0 bridgehead atoms. The molecule has 0 radical (unpaired) electrons. The number of hydrogen-bond acceptors (Lipinski definition) is 3. The summed E-state index contributed by atoms with van der Waals surface area (Å²) in [5, 5.41) is 11.9. The molecule has 110 valence electrons. The van der Waals surface area contributed by atoms with Gasteiger partial charge in [-0.3, -0.25) is 9.59 Å². The molecule has 1 fully saturated rings. The molecule has 19 heavy (non-hydrogen) atoms. The summed E-state index contributed by atoms with van der Waals surface area (Å²) in [6, 6.07) is -0.278. The van der Waals surface area contributed by atoms with Gasteiger partial charge in [0, 0.05) is 19.5 Å². The van der Waals surface area contributed by atoms with Crippen LogP contribution in [0.5, 0.6) is 0 Å². The van der Waals surface area contributed by atoms with Crippen LogP contribution in [0.4, 0.5) is 0 Å². The van der Waals surface area contributed by atoms with Crippen LogP contribution in [0.3, 0.4) is 0 Å². The largest absolute Gasteiger partial charge is 0.395 e. The van der Waals surface area contributed by atoms with Crippen LogP contribution in [-0.2, 0) is 9.59 Å². The van der Waals surface area contributed by atoms with Crippen LogP contribution >= 0.6 is 0 Å². The number of nitrogens with one attached hydrogen (secondary N) is 1. The number of aliphatic hydroxyl groups is 1. The van der Waals surface area contributed by atoms with E-state index in [9.17, 15) is 9.59 Å². The monoisotopic (exact) mass is 270 g/mol. The molecule has 0 aromatic rings. The van der Waals surface area contributed by atoms with Gasteiger partial charge in [0.05, 0.1) is 6.61 Å². The van der Waals surface area contributed by atoms with Gasteiger partial charge in [-0.25, -0.2) is 0 Å². The van der Waals surface area contributed by atoms with E-state index in [4.69, 9.17) is 5.11 Å². The molecule has 5 heteroatoms. The highest BCUT2D eigenvalue weighted by atomic mass is 16.3. The Morgan fingerprint density at radius 2 is 1.89 bits per heavy atom. The molecule has 0 aliphatic heterocycles. The quantitative estimate of drug-likeness (QED) is 0.754. The van der Waals surface area contributed by atoms with Crippen molar-refractivity contribution in [2.24, 2.45) is 5.92 Å². The van der Waals surface area contributed by atoms with E-state index < -0.39 is 6.04 Å². The molecule has 0 aromatic carbocycles. The Morgan fingerprint density at radius 1 is 1.32 bits per heavy atom. The fraction of sp³-hybridized carbons (Fsp3) is 0.857. The van der Waals surface area contributed by atoms with Gasteiger partial charge in [-0.2, -0.15) is 0 Å². The van der Waals surface area contributed by atoms with E-state index in [1.165, 1.54) is 6.92 Å². The summed E-state index contributed by atoms with van der Waals surface area (Å²) in [5.41, 5.74) is 0. The maximum absolute atomic E-state index is 12.6. The van der Waals surface area contributed by atoms with Crippen molar-refractivity contribution in [3.63, 3.8) is 0 Å². The number of amides is 2. The summed E-state index contributed by atoms with van der Waals surface area (Å²) in [4.78, 5) is 25.6. The van der Waals surface area contributed by atoms with Crippen LogP contribution in [0.25, 0.3) is 0 Å². The van der Waals surface area contributed by atoms with Gasteiger partial charge in [0.15, 0.2) is 0 Å². The van der Waals surface area contributed by atoms with Crippen molar-refractivity contribution in [2.75, 3.05) is 13.2 Å². The fourth-order valence-electron chi connectivity index (χ4n) is 2.71.